The van der Waals surface area contributed by atoms with E-state index in [1.807, 2.05) is 6.92 Å². The smallest absolute Gasteiger partial charge is 0.0207 e. The van der Waals surface area contributed by atoms with E-state index in [1.54, 1.807) is 0 Å². The molecule has 0 unspecified atom stereocenters. The largest absolute Gasteiger partial charge is 0.0654 e. The molecule has 0 aliphatic rings. The van der Waals surface area contributed by atoms with Crippen molar-refractivity contribution in [1.82, 2.24) is 0 Å². The van der Waals surface area contributed by atoms with Crippen molar-refractivity contribution in [3.63, 3.8) is 0 Å². The van der Waals surface area contributed by atoms with E-state index in [4.69, 9.17) is 0 Å². The van der Waals surface area contributed by atoms with Gasteiger partial charge in [-0.15, -0.1) is 0 Å². The third-order valence-electron chi connectivity index (χ3n) is 0.500. The first kappa shape index (κ1) is 5.00. The molecular weight excluding hydrogens is 60.1 g/mol. The van der Waals surface area contributed by atoms with Crippen molar-refractivity contribution in [3.05, 3.63) is 6.42 Å². The van der Waals surface area contributed by atoms with Gasteiger partial charge in [0.2, 0.25) is 0 Å². The van der Waals surface area contributed by atoms with Crippen LogP contribution in [-0.4, -0.2) is 0 Å². The highest BCUT2D eigenvalue weighted by Gasteiger charge is 1.69. The number of hydrogen-bond donors (Lipinski definition) is 0. The normalized spacial score (nSPS) is 8.40. The molecule has 0 aliphatic heterocycles. The summed E-state index contributed by atoms with van der Waals surface area (Å²) in [6.07, 6.45) is 5.39. The van der Waals surface area contributed by atoms with Gasteiger partial charge in [-0.3, -0.25) is 0 Å². The second-order valence-electron chi connectivity index (χ2n) is 1.10. The Kier molecular flexibility index (Phi) is 4.00. The second kappa shape index (κ2) is 4.00. The Hall–Kier alpha value is 0. The predicted octanol–water partition coefficient (Wildman–Crippen LogP) is 1.89. The topological polar surface area (TPSA) is 0 Å². The van der Waals surface area contributed by atoms with Crippen molar-refractivity contribution in [3.8, 4) is 0 Å². The van der Waals surface area contributed by atoms with Gasteiger partial charge in [-0.1, -0.05) is 20.3 Å². The lowest BCUT2D eigenvalue weighted by atomic mass is 10.3. The summed E-state index contributed by atoms with van der Waals surface area (Å²) >= 11 is 0. The molecule has 0 aromatic rings. The summed E-state index contributed by atoms with van der Waals surface area (Å²) in [4.78, 5) is 0. The van der Waals surface area contributed by atoms with Gasteiger partial charge in [0, 0.05) is 0 Å². The van der Waals surface area contributed by atoms with Crippen LogP contribution in [0.25, 0.3) is 0 Å². The Labute approximate surface area is 34.2 Å². The van der Waals surface area contributed by atoms with Crippen molar-refractivity contribution in [2.75, 3.05) is 0 Å². The fraction of sp³-hybridized carbons (Fsp3) is 0.800. The van der Waals surface area contributed by atoms with Crippen LogP contribution in [0.5, 0.6) is 0 Å². The van der Waals surface area contributed by atoms with Crippen molar-refractivity contribution in [2.24, 2.45) is 0 Å². The molecule has 0 atom stereocenters. The molecule has 0 amide bonds. The zero-order valence-corrected chi connectivity index (χ0v) is 3.91. The average Bonchev–Trinajstić information content (AvgIpc) is 1.41. The summed E-state index contributed by atoms with van der Waals surface area (Å²) in [6, 6.07) is 0. The summed E-state index contributed by atoms with van der Waals surface area (Å²) < 4.78 is 0. The number of unbranched alkanes of at least 4 members (excludes halogenated alkanes) is 2. The van der Waals surface area contributed by atoms with Crippen LogP contribution < -0.4 is 0 Å². The van der Waals surface area contributed by atoms with Gasteiger partial charge in [-0.25, -0.2) is 0 Å². The van der Waals surface area contributed by atoms with E-state index in [9.17, 15) is 0 Å². The molecule has 0 spiro atoms. The Bertz CT molecular complexity index is 7.51. The van der Waals surface area contributed by atoms with Gasteiger partial charge in [-0.05, 0) is 12.8 Å². The Balaban J connectivity index is 2.19. The summed E-state index contributed by atoms with van der Waals surface area (Å²) in [5, 5.41) is 0. The first-order chi connectivity index (χ1) is 2.41. The lowest BCUT2D eigenvalue weighted by Crippen LogP contribution is -1.60. The van der Waals surface area contributed by atoms with Gasteiger partial charge in [0.05, 0.1) is 0 Å². The molecule has 0 aliphatic carbocycles. The fourth-order valence-corrected chi connectivity index (χ4v) is 0.250. The lowest BCUT2D eigenvalue weighted by molar-refractivity contribution is 0.901. The highest BCUT2D eigenvalue weighted by atomic mass is 13.7. The molecule has 0 aromatic heterocycles. The molecule has 0 saturated heterocycles. The molecule has 0 fully saturated rings. The van der Waals surface area contributed by atoms with Crippen LogP contribution in [0.4, 0.5) is 0 Å². The van der Waals surface area contributed by atoms with Gasteiger partial charge >= 0.3 is 0 Å². The van der Waals surface area contributed by atoms with E-state index in [0.29, 0.717) is 0 Å². The monoisotopic (exact) mass is 70.1 g/mol. The number of rotatable bonds is 2. The zero-order valence-electron chi connectivity index (χ0n) is 3.91. The van der Waals surface area contributed by atoms with E-state index in [-0.39, 0.29) is 0 Å². The maximum absolute atomic E-state index is 3.02. The Morgan fingerprint density at radius 2 is 2.20 bits per heavy atom. The molecule has 0 heteroatoms. The minimum absolute atomic E-state index is 1.14. The molecule has 0 nitrogen and oxygen atoms in total. The first-order valence-electron chi connectivity index (χ1n) is 2.06. The average molecular weight is 70.1 g/mol. The third-order valence-corrected chi connectivity index (χ3v) is 0.500. The maximum atomic E-state index is 3.02. The van der Waals surface area contributed by atoms with Gasteiger partial charge in [0.15, 0.2) is 0 Å². The molecule has 5 heavy (non-hydrogen) atoms. The molecule has 30 valence electrons. The van der Waals surface area contributed by atoms with Crippen LogP contribution in [-0.2, 0) is 0 Å². The van der Waals surface area contributed by atoms with Crippen molar-refractivity contribution in [2.45, 2.75) is 26.7 Å². The minimum atomic E-state index is 1.14. The van der Waals surface area contributed by atoms with Gasteiger partial charge < -0.3 is 0 Å². The Morgan fingerprint density at radius 3 is 2.20 bits per heavy atom. The summed E-state index contributed by atoms with van der Waals surface area (Å²) in [6.45, 7) is 4.11. The van der Waals surface area contributed by atoms with Crippen molar-refractivity contribution in [1.29, 1.82) is 0 Å². The van der Waals surface area contributed by atoms with E-state index < -0.39 is 0 Å². The number of hydrogen-bond acceptors (Lipinski definition) is 0. The molecular formula is C5H10. The summed E-state index contributed by atoms with van der Waals surface area (Å²) in [7, 11) is 0. The zero-order chi connectivity index (χ0) is 4.12. The Morgan fingerprint density at radius 1 is 1.60 bits per heavy atom. The van der Waals surface area contributed by atoms with Crippen molar-refractivity contribution < 1.29 is 0 Å². The van der Waals surface area contributed by atoms with E-state index in [1.165, 1.54) is 6.42 Å². The van der Waals surface area contributed by atoms with E-state index in [2.05, 4.69) is 13.3 Å². The van der Waals surface area contributed by atoms with Gasteiger partial charge in [0.25, 0.3) is 0 Å². The lowest BCUT2D eigenvalue weighted by Gasteiger charge is -1.78. The minimum Gasteiger partial charge on any atom is -0.0654 e. The maximum Gasteiger partial charge on any atom is -0.0207 e. The van der Waals surface area contributed by atoms with Gasteiger partial charge in [-0.2, -0.15) is 0 Å². The molecule has 0 bridgehead atoms. The highest BCUT2D eigenvalue weighted by molar-refractivity contribution is 4.50. The fourth-order valence-electron chi connectivity index (χ4n) is 0.250. The molecule has 0 aromatic carbocycles. The first-order valence-corrected chi connectivity index (χ1v) is 2.06. The van der Waals surface area contributed by atoms with E-state index in [0.717, 1.165) is 6.42 Å². The molecule has 2 radical (unpaired) electrons. The summed E-state index contributed by atoms with van der Waals surface area (Å²) in [5.41, 5.74) is 0. The standard InChI is InChI=1S/C5H10/c1-3-5-4-2/h3,5H2,1-2H3. The van der Waals surface area contributed by atoms with Crippen LogP contribution in [0.3, 0.4) is 0 Å². The second-order valence-corrected chi connectivity index (χ2v) is 1.10. The van der Waals surface area contributed by atoms with Crippen LogP contribution in [0.1, 0.15) is 26.7 Å². The third kappa shape index (κ3) is 4.00. The summed E-state index contributed by atoms with van der Waals surface area (Å²) in [5.74, 6) is 0. The predicted molar refractivity (Wildman–Crippen MR) is 23.8 cm³/mol. The molecule has 0 saturated carbocycles. The SMILES string of the molecule is C[C]CCC. The molecule has 0 heterocycles. The quantitative estimate of drug-likeness (QED) is 0.465. The molecule has 0 rings (SSSR count). The molecule has 0 N–H and O–H groups in total. The van der Waals surface area contributed by atoms with Crippen molar-refractivity contribution >= 4 is 0 Å². The van der Waals surface area contributed by atoms with Crippen LogP contribution in [0.2, 0.25) is 0 Å². The van der Waals surface area contributed by atoms with E-state index >= 15 is 0 Å². The van der Waals surface area contributed by atoms with Crippen LogP contribution >= 0.6 is 0 Å². The van der Waals surface area contributed by atoms with Crippen LogP contribution in [0.15, 0.2) is 0 Å². The van der Waals surface area contributed by atoms with Gasteiger partial charge in [0.1, 0.15) is 0 Å². The highest BCUT2D eigenvalue weighted by Crippen LogP contribution is 1.86. The van der Waals surface area contributed by atoms with Crippen LogP contribution in [0, 0.1) is 6.42 Å².